The molecule has 0 aliphatic rings. The van der Waals surface area contributed by atoms with E-state index in [2.05, 4.69) is 25.7 Å². The second-order valence-electron chi connectivity index (χ2n) is 6.59. The van der Waals surface area contributed by atoms with E-state index in [1.54, 1.807) is 0 Å². The van der Waals surface area contributed by atoms with E-state index >= 15 is 0 Å². The van der Waals surface area contributed by atoms with Crippen LogP contribution in [0.5, 0.6) is 0 Å². The topological polar surface area (TPSA) is 38.3 Å². The SMILES string of the molecule is C=C[C@@H](C(C)C)[C@@H](NC(=O)OC(C)(C)C)c1ccccc1. The Morgan fingerprint density at radius 1 is 1.24 bits per heavy atom. The van der Waals surface area contributed by atoms with Crippen LogP contribution in [0.4, 0.5) is 4.79 Å². The fourth-order valence-electron chi connectivity index (χ4n) is 2.29. The largest absolute Gasteiger partial charge is 0.444 e. The molecule has 21 heavy (non-hydrogen) atoms. The summed E-state index contributed by atoms with van der Waals surface area (Å²) >= 11 is 0. The third-order valence-electron chi connectivity index (χ3n) is 3.26. The molecule has 1 amide bonds. The van der Waals surface area contributed by atoms with Crippen molar-refractivity contribution in [2.24, 2.45) is 11.8 Å². The van der Waals surface area contributed by atoms with Crippen LogP contribution in [-0.2, 0) is 4.74 Å². The average molecular weight is 289 g/mol. The van der Waals surface area contributed by atoms with Gasteiger partial charge in [0.05, 0.1) is 6.04 Å². The number of ether oxygens (including phenoxy) is 1. The number of rotatable bonds is 5. The van der Waals surface area contributed by atoms with Gasteiger partial charge >= 0.3 is 6.09 Å². The minimum atomic E-state index is -0.507. The highest BCUT2D eigenvalue weighted by atomic mass is 16.6. The number of hydrogen-bond acceptors (Lipinski definition) is 2. The zero-order valence-corrected chi connectivity index (χ0v) is 13.7. The second kappa shape index (κ2) is 7.30. The molecule has 3 nitrogen and oxygen atoms in total. The van der Waals surface area contributed by atoms with E-state index in [0.717, 1.165) is 5.56 Å². The predicted molar refractivity (Wildman–Crippen MR) is 87.1 cm³/mol. The Kier molecular flexibility index (Phi) is 6.01. The number of carbonyl (C=O) groups excluding carboxylic acids is 1. The molecule has 0 radical (unpaired) electrons. The molecule has 0 heterocycles. The number of nitrogens with one attached hydrogen (secondary N) is 1. The quantitative estimate of drug-likeness (QED) is 0.797. The first-order valence-electron chi connectivity index (χ1n) is 7.41. The molecule has 0 aromatic heterocycles. The molecule has 0 aliphatic carbocycles. The maximum Gasteiger partial charge on any atom is 0.408 e. The number of carbonyl (C=O) groups is 1. The fraction of sp³-hybridized carbons (Fsp3) is 0.500. The van der Waals surface area contributed by atoms with Crippen LogP contribution in [0.15, 0.2) is 43.0 Å². The standard InChI is InChI=1S/C18H27NO2/c1-7-15(13(2)3)16(14-11-9-8-10-12-14)19-17(20)21-18(4,5)6/h7-13,15-16H,1H2,2-6H3,(H,19,20)/t15-,16-/m0/s1. The third-order valence-corrected chi connectivity index (χ3v) is 3.26. The first kappa shape index (κ1) is 17.3. The van der Waals surface area contributed by atoms with E-state index in [-0.39, 0.29) is 12.0 Å². The summed E-state index contributed by atoms with van der Waals surface area (Å²) in [6.07, 6.45) is 1.50. The maximum atomic E-state index is 12.1. The van der Waals surface area contributed by atoms with E-state index in [1.807, 2.05) is 57.2 Å². The summed E-state index contributed by atoms with van der Waals surface area (Å²) in [5.41, 5.74) is 0.550. The van der Waals surface area contributed by atoms with Gasteiger partial charge in [-0.05, 0) is 32.3 Å². The van der Waals surface area contributed by atoms with Gasteiger partial charge in [-0.25, -0.2) is 4.79 Å². The Morgan fingerprint density at radius 2 is 1.81 bits per heavy atom. The third kappa shape index (κ3) is 5.62. The van der Waals surface area contributed by atoms with E-state index in [9.17, 15) is 4.79 Å². The van der Waals surface area contributed by atoms with Crippen molar-refractivity contribution in [3.63, 3.8) is 0 Å². The highest BCUT2D eigenvalue weighted by Crippen LogP contribution is 2.29. The molecule has 1 aromatic carbocycles. The van der Waals surface area contributed by atoms with Gasteiger partial charge in [-0.3, -0.25) is 0 Å². The number of alkyl carbamates (subject to hydrolysis) is 1. The van der Waals surface area contributed by atoms with Gasteiger partial charge in [-0.1, -0.05) is 50.3 Å². The molecule has 3 heteroatoms. The molecular weight excluding hydrogens is 262 g/mol. The van der Waals surface area contributed by atoms with Crippen molar-refractivity contribution in [2.75, 3.05) is 0 Å². The van der Waals surface area contributed by atoms with Gasteiger partial charge in [0.15, 0.2) is 0 Å². The van der Waals surface area contributed by atoms with E-state index in [4.69, 9.17) is 4.74 Å². The van der Waals surface area contributed by atoms with Crippen LogP contribution in [-0.4, -0.2) is 11.7 Å². The predicted octanol–water partition coefficient (Wildman–Crippen LogP) is 4.71. The normalized spacial score (nSPS) is 14.4. The van der Waals surface area contributed by atoms with Gasteiger partial charge in [-0.2, -0.15) is 0 Å². The Hall–Kier alpha value is -1.77. The van der Waals surface area contributed by atoms with Crippen molar-refractivity contribution in [1.29, 1.82) is 0 Å². The van der Waals surface area contributed by atoms with Crippen molar-refractivity contribution in [3.05, 3.63) is 48.6 Å². The molecular formula is C18H27NO2. The van der Waals surface area contributed by atoms with Gasteiger partial charge in [0.25, 0.3) is 0 Å². The zero-order valence-electron chi connectivity index (χ0n) is 13.7. The lowest BCUT2D eigenvalue weighted by atomic mass is 9.84. The van der Waals surface area contributed by atoms with Gasteiger partial charge in [0.2, 0.25) is 0 Å². The molecule has 0 saturated carbocycles. The number of hydrogen-bond donors (Lipinski definition) is 1. The van der Waals surface area contributed by atoms with Gasteiger partial charge in [-0.15, -0.1) is 6.58 Å². The highest BCUT2D eigenvalue weighted by Gasteiger charge is 2.27. The zero-order chi connectivity index (χ0) is 16.0. The smallest absolute Gasteiger partial charge is 0.408 e. The summed E-state index contributed by atoms with van der Waals surface area (Å²) in [6, 6.07) is 9.80. The Labute approximate surface area is 128 Å². The van der Waals surface area contributed by atoms with Crippen LogP contribution in [0.25, 0.3) is 0 Å². The van der Waals surface area contributed by atoms with E-state index < -0.39 is 11.7 Å². The van der Waals surface area contributed by atoms with Gasteiger partial charge < -0.3 is 10.1 Å². The lowest BCUT2D eigenvalue weighted by Gasteiger charge is -2.30. The van der Waals surface area contributed by atoms with E-state index in [1.165, 1.54) is 0 Å². The van der Waals surface area contributed by atoms with Gasteiger partial charge in [0, 0.05) is 5.92 Å². The van der Waals surface area contributed by atoms with Gasteiger partial charge in [0.1, 0.15) is 5.60 Å². The monoisotopic (exact) mass is 289 g/mol. The molecule has 1 rings (SSSR count). The molecule has 0 aliphatic heterocycles. The Morgan fingerprint density at radius 3 is 2.24 bits per heavy atom. The molecule has 0 saturated heterocycles. The minimum Gasteiger partial charge on any atom is -0.444 e. The molecule has 0 unspecified atom stereocenters. The summed E-state index contributed by atoms with van der Waals surface area (Å²) in [4.78, 5) is 12.1. The summed E-state index contributed by atoms with van der Waals surface area (Å²) in [7, 11) is 0. The molecule has 0 bridgehead atoms. The molecule has 0 spiro atoms. The molecule has 0 fully saturated rings. The molecule has 1 aromatic rings. The summed E-state index contributed by atoms with van der Waals surface area (Å²) in [5, 5.41) is 2.99. The second-order valence-corrected chi connectivity index (χ2v) is 6.59. The Bertz CT molecular complexity index is 460. The Balaban J connectivity index is 2.98. The van der Waals surface area contributed by atoms with Crippen molar-refractivity contribution in [1.82, 2.24) is 5.32 Å². The number of benzene rings is 1. The summed E-state index contributed by atoms with van der Waals surface area (Å²) < 4.78 is 5.38. The fourth-order valence-corrected chi connectivity index (χ4v) is 2.29. The summed E-state index contributed by atoms with van der Waals surface area (Å²) in [6.45, 7) is 13.7. The lowest BCUT2D eigenvalue weighted by molar-refractivity contribution is 0.0485. The van der Waals surface area contributed by atoms with Crippen LogP contribution in [0, 0.1) is 11.8 Å². The molecule has 2 atom stereocenters. The number of amides is 1. The van der Waals surface area contributed by atoms with Crippen LogP contribution in [0.2, 0.25) is 0 Å². The highest BCUT2D eigenvalue weighted by molar-refractivity contribution is 5.68. The average Bonchev–Trinajstić information content (AvgIpc) is 2.37. The first-order chi connectivity index (χ1) is 9.74. The van der Waals surface area contributed by atoms with E-state index in [0.29, 0.717) is 5.92 Å². The van der Waals surface area contributed by atoms with Crippen LogP contribution >= 0.6 is 0 Å². The summed E-state index contributed by atoms with van der Waals surface area (Å²) in [5.74, 6) is 0.502. The maximum absolute atomic E-state index is 12.1. The van der Waals surface area contributed by atoms with Crippen molar-refractivity contribution >= 4 is 6.09 Å². The van der Waals surface area contributed by atoms with Crippen LogP contribution in [0.3, 0.4) is 0 Å². The van der Waals surface area contributed by atoms with Crippen molar-refractivity contribution < 1.29 is 9.53 Å². The molecule has 1 N–H and O–H groups in total. The lowest BCUT2D eigenvalue weighted by Crippen LogP contribution is -2.38. The minimum absolute atomic E-state index is 0.139. The van der Waals surface area contributed by atoms with Crippen molar-refractivity contribution in [3.8, 4) is 0 Å². The van der Waals surface area contributed by atoms with Crippen LogP contribution in [0.1, 0.15) is 46.2 Å². The molecule has 116 valence electrons. The van der Waals surface area contributed by atoms with Crippen LogP contribution < -0.4 is 5.32 Å². The first-order valence-corrected chi connectivity index (χ1v) is 7.41. The van der Waals surface area contributed by atoms with Crippen molar-refractivity contribution in [2.45, 2.75) is 46.3 Å².